The fraction of sp³-hybridized carbons (Fsp3) is 0.600. The second-order valence-electron chi connectivity index (χ2n) is 7.72. The molecule has 2 heterocycles. The molecule has 10 heteroatoms. The zero-order valence-corrected chi connectivity index (χ0v) is 16.9. The Labute approximate surface area is 172 Å². The maximum Gasteiger partial charge on any atom is 0.490 e. The van der Waals surface area contributed by atoms with E-state index in [1.165, 1.54) is 12.1 Å². The van der Waals surface area contributed by atoms with Gasteiger partial charge in [0.15, 0.2) is 0 Å². The molecule has 0 radical (unpaired) electrons. The van der Waals surface area contributed by atoms with Gasteiger partial charge in [-0.05, 0) is 37.6 Å². The average molecular weight is 434 g/mol. The Balaban J connectivity index is 0.000000396. The van der Waals surface area contributed by atoms with Crippen LogP contribution in [0.5, 0.6) is 0 Å². The Bertz CT molecular complexity index is 741. The van der Waals surface area contributed by atoms with E-state index in [-0.39, 0.29) is 17.1 Å². The van der Waals surface area contributed by atoms with Gasteiger partial charge in [0, 0.05) is 43.2 Å². The van der Waals surface area contributed by atoms with Gasteiger partial charge in [0.2, 0.25) is 5.91 Å². The van der Waals surface area contributed by atoms with Gasteiger partial charge in [0.1, 0.15) is 5.82 Å². The topological polar surface area (TPSA) is 70.1 Å². The number of carboxylic acid groups (broad SMARTS) is 1. The van der Waals surface area contributed by atoms with Crippen LogP contribution in [-0.4, -0.2) is 66.9 Å². The number of hydrogen-bond acceptors (Lipinski definition) is 4. The van der Waals surface area contributed by atoms with Crippen LogP contribution in [0.4, 0.5) is 23.2 Å². The number of aliphatic carboxylic acids is 1. The Hall–Kier alpha value is -2.20. The zero-order chi connectivity index (χ0) is 22.5. The molecule has 3 rings (SSSR count). The molecule has 1 spiro atoms. The van der Waals surface area contributed by atoms with Crippen LogP contribution in [0.15, 0.2) is 24.3 Å². The summed E-state index contributed by atoms with van der Waals surface area (Å²) >= 11 is 0. The van der Waals surface area contributed by atoms with Crippen molar-refractivity contribution >= 4 is 17.6 Å². The fourth-order valence-electron chi connectivity index (χ4n) is 3.62. The number of carbonyl (C=O) groups is 2. The molecule has 1 N–H and O–H groups in total. The van der Waals surface area contributed by atoms with Gasteiger partial charge in [0.05, 0.1) is 13.2 Å². The molecule has 0 bridgehead atoms. The quantitative estimate of drug-likeness (QED) is 0.740. The molecule has 2 atom stereocenters. The molecule has 1 amide bonds. The van der Waals surface area contributed by atoms with E-state index in [0.29, 0.717) is 25.6 Å². The number of anilines is 1. The van der Waals surface area contributed by atoms with E-state index in [1.54, 1.807) is 17.0 Å². The third kappa shape index (κ3) is 6.15. The molecule has 1 aromatic rings. The molecule has 6 nitrogen and oxygen atoms in total. The van der Waals surface area contributed by atoms with Gasteiger partial charge < -0.3 is 14.7 Å². The van der Waals surface area contributed by atoms with Crippen LogP contribution in [0, 0.1) is 11.2 Å². The molecule has 1 aromatic carbocycles. The summed E-state index contributed by atoms with van der Waals surface area (Å²) in [4.78, 5) is 25.7. The summed E-state index contributed by atoms with van der Waals surface area (Å²) in [5, 5.41) is 7.12. The largest absolute Gasteiger partial charge is 0.490 e. The van der Waals surface area contributed by atoms with E-state index in [2.05, 4.69) is 18.7 Å². The second-order valence-corrected chi connectivity index (χ2v) is 7.72. The van der Waals surface area contributed by atoms with E-state index in [9.17, 15) is 22.4 Å². The van der Waals surface area contributed by atoms with Crippen molar-refractivity contribution in [3.8, 4) is 0 Å². The number of ether oxygens (including phenoxy) is 1. The third-order valence-corrected chi connectivity index (χ3v) is 5.39. The molecule has 30 heavy (non-hydrogen) atoms. The smallest absolute Gasteiger partial charge is 0.475 e. The van der Waals surface area contributed by atoms with Gasteiger partial charge >= 0.3 is 12.1 Å². The molecule has 2 fully saturated rings. The molecule has 2 unspecified atom stereocenters. The van der Waals surface area contributed by atoms with E-state index in [1.807, 2.05) is 0 Å². The van der Waals surface area contributed by atoms with Crippen LogP contribution in [0.25, 0.3) is 0 Å². The molecule has 168 valence electrons. The van der Waals surface area contributed by atoms with Crippen LogP contribution < -0.4 is 4.90 Å². The first-order chi connectivity index (χ1) is 14.0. The van der Waals surface area contributed by atoms with Crippen molar-refractivity contribution in [3.63, 3.8) is 0 Å². The summed E-state index contributed by atoms with van der Waals surface area (Å²) in [5.74, 6) is -2.94. The minimum Gasteiger partial charge on any atom is -0.475 e. The average Bonchev–Trinajstić information content (AvgIpc) is 2.85. The van der Waals surface area contributed by atoms with Crippen molar-refractivity contribution in [2.45, 2.75) is 38.9 Å². The van der Waals surface area contributed by atoms with Crippen molar-refractivity contribution in [3.05, 3.63) is 30.1 Å². The Morgan fingerprint density at radius 3 is 2.40 bits per heavy atom. The number of carbonyl (C=O) groups excluding carboxylic acids is 1. The molecule has 0 aromatic heterocycles. The van der Waals surface area contributed by atoms with Crippen LogP contribution >= 0.6 is 0 Å². The summed E-state index contributed by atoms with van der Waals surface area (Å²) in [5.41, 5.74) is 0.610. The van der Waals surface area contributed by atoms with Gasteiger partial charge in [-0.15, -0.1) is 0 Å². The van der Waals surface area contributed by atoms with E-state index in [4.69, 9.17) is 14.6 Å². The van der Waals surface area contributed by atoms with Gasteiger partial charge in [0.25, 0.3) is 0 Å². The predicted octanol–water partition coefficient (Wildman–Crippen LogP) is 3.31. The molecule has 0 saturated carbocycles. The standard InChI is InChI=1S/C18H25FN2O2.C2HF3O2/c1-3-14(2)20-8-9-23-13-18(11-20)10-17(22)21(12-18)16-6-4-15(19)5-7-16;3-2(4,5)1(6)7/h4-7,14H,3,8-13H2,1-2H3;(H,6,7). The first-order valence-corrected chi connectivity index (χ1v) is 9.65. The van der Waals surface area contributed by atoms with E-state index in [0.717, 1.165) is 31.8 Å². The Morgan fingerprint density at radius 1 is 1.27 bits per heavy atom. The Kier molecular flexibility index (Phi) is 7.81. The first kappa shape index (κ1) is 24.1. The van der Waals surface area contributed by atoms with E-state index < -0.39 is 12.1 Å². The lowest BCUT2D eigenvalue weighted by Crippen LogP contribution is -2.44. The van der Waals surface area contributed by atoms with Crippen LogP contribution in [0.3, 0.4) is 0 Å². The second kappa shape index (κ2) is 9.74. The highest BCUT2D eigenvalue weighted by molar-refractivity contribution is 5.96. The van der Waals surface area contributed by atoms with Crippen molar-refractivity contribution in [2.75, 3.05) is 37.7 Å². The number of benzene rings is 1. The monoisotopic (exact) mass is 434 g/mol. The highest BCUT2D eigenvalue weighted by atomic mass is 19.4. The zero-order valence-electron chi connectivity index (χ0n) is 16.9. The third-order valence-electron chi connectivity index (χ3n) is 5.39. The van der Waals surface area contributed by atoms with Crippen LogP contribution in [0.1, 0.15) is 26.7 Å². The van der Waals surface area contributed by atoms with Crippen molar-refractivity contribution < 1.29 is 37.0 Å². The highest BCUT2D eigenvalue weighted by Gasteiger charge is 2.46. The highest BCUT2D eigenvalue weighted by Crippen LogP contribution is 2.37. The van der Waals surface area contributed by atoms with Crippen LogP contribution in [0.2, 0.25) is 0 Å². The van der Waals surface area contributed by atoms with Crippen molar-refractivity contribution in [1.82, 2.24) is 4.90 Å². The minimum absolute atomic E-state index is 0.103. The number of amides is 1. The van der Waals surface area contributed by atoms with Gasteiger partial charge in [-0.2, -0.15) is 13.2 Å². The molecule has 2 saturated heterocycles. The SMILES string of the molecule is CCC(C)N1CCOCC2(CC(=O)N(c3ccc(F)cc3)C2)C1.O=C(O)C(F)(F)F. The van der Waals surface area contributed by atoms with Gasteiger partial charge in [-0.25, -0.2) is 9.18 Å². The maximum atomic E-state index is 13.1. The van der Waals surface area contributed by atoms with Gasteiger partial charge in [-0.3, -0.25) is 9.69 Å². The summed E-state index contributed by atoms with van der Waals surface area (Å²) < 4.78 is 50.7. The lowest BCUT2D eigenvalue weighted by atomic mass is 9.87. The summed E-state index contributed by atoms with van der Waals surface area (Å²) in [6.07, 6.45) is -3.50. The lowest BCUT2D eigenvalue weighted by molar-refractivity contribution is -0.192. The van der Waals surface area contributed by atoms with Crippen LogP contribution in [-0.2, 0) is 14.3 Å². The molecular weight excluding hydrogens is 408 g/mol. The molecular formula is C20H26F4N2O4. The molecule has 2 aliphatic heterocycles. The van der Waals surface area contributed by atoms with Crippen molar-refractivity contribution in [1.29, 1.82) is 0 Å². The summed E-state index contributed by atoms with van der Waals surface area (Å²) in [6.45, 7) is 8.19. The molecule has 2 aliphatic rings. The number of nitrogens with zero attached hydrogens (tertiary/aromatic N) is 2. The molecule has 0 aliphatic carbocycles. The summed E-state index contributed by atoms with van der Waals surface area (Å²) in [6, 6.07) is 6.65. The van der Waals surface area contributed by atoms with Crippen molar-refractivity contribution in [2.24, 2.45) is 5.41 Å². The normalized spacial score (nSPS) is 23.7. The number of rotatable bonds is 3. The fourth-order valence-corrected chi connectivity index (χ4v) is 3.62. The number of hydrogen-bond donors (Lipinski definition) is 1. The Morgan fingerprint density at radius 2 is 1.87 bits per heavy atom. The first-order valence-electron chi connectivity index (χ1n) is 9.65. The van der Waals surface area contributed by atoms with Gasteiger partial charge in [-0.1, -0.05) is 6.92 Å². The lowest BCUT2D eigenvalue weighted by Gasteiger charge is -2.34. The maximum absolute atomic E-state index is 13.1. The minimum atomic E-state index is -5.08. The number of carboxylic acids is 1. The number of alkyl halides is 3. The number of halogens is 4. The predicted molar refractivity (Wildman–Crippen MR) is 102 cm³/mol. The summed E-state index contributed by atoms with van der Waals surface area (Å²) in [7, 11) is 0. The van der Waals surface area contributed by atoms with E-state index >= 15 is 0 Å².